The summed E-state index contributed by atoms with van der Waals surface area (Å²) in [5.74, 6) is -0.636. The molecule has 2 atom stereocenters. The van der Waals surface area contributed by atoms with Gasteiger partial charge in [-0.2, -0.15) is 0 Å². The number of rotatable bonds is 8. The number of nitrogen functional groups attached to an aromatic ring is 1. The monoisotopic (exact) mass is 511 g/mol. The Bertz CT molecular complexity index is 1480. The molecular weight excluding hydrogens is 482 g/mol. The molecule has 2 amide bonds. The van der Waals surface area contributed by atoms with Crippen LogP contribution in [0.25, 0.3) is 10.8 Å². The van der Waals surface area contributed by atoms with E-state index < -0.39 is 18.1 Å². The molecule has 5 N–H and O–H groups in total. The number of ether oxygens (including phenoxy) is 2. The van der Waals surface area contributed by atoms with Crippen LogP contribution in [0.1, 0.15) is 18.6 Å². The maximum absolute atomic E-state index is 13.0. The zero-order chi connectivity index (χ0) is 27.1. The minimum absolute atomic E-state index is 0.0958. The second kappa shape index (κ2) is 11.8. The molecule has 0 aliphatic heterocycles. The lowest BCUT2D eigenvalue weighted by molar-refractivity contribution is -0.111. The molecule has 4 aromatic carbocycles. The third kappa shape index (κ3) is 6.22. The molecule has 8 nitrogen and oxygen atoms in total. The highest BCUT2D eigenvalue weighted by molar-refractivity contribution is 6.01. The highest BCUT2D eigenvalue weighted by Gasteiger charge is 2.24. The number of methoxy groups -OCH3 is 1. The summed E-state index contributed by atoms with van der Waals surface area (Å²) in [7, 11) is 1.45. The van der Waals surface area contributed by atoms with E-state index in [1.165, 1.54) is 19.3 Å². The van der Waals surface area contributed by atoms with Gasteiger partial charge < -0.3 is 25.6 Å². The van der Waals surface area contributed by atoms with E-state index in [9.17, 15) is 14.7 Å². The van der Waals surface area contributed by atoms with Crippen LogP contribution in [0, 0.1) is 5.92 Å². The number of phenols is 1. The summed E-state index contributed by atoms with van der Waals surface area (Å²) in [5, 5.41) is 17.7. The Kier molecular flexibility index (Phi) is 8.13. The standard InChI is InChI=1S/C30H29N3O5/c1-19(14-17-28(35)32-25-12-6-5-11-23(25)31)29(21-15-16-27(37-2)26(34)18-21)38-30(36)33-24-13-7-9-20-8-3-4-10-22(20)24/h3-19,29,34H,31H2,1-2H3,(H,32,35)(H,33,36)/b17-14+/t19-,29+/m0/s1. The Hall–Kier alpha value is -4.98. The van der Waals surface area contributed by atoms with Crippen molar-refractivity contribution in [1.29, 1.82) is 0 Å². The summed E-state index contributed by atoms with van der Waals surface area (Å²) in [4.78, 5) is 25.6. The number of fused-ring (bicyclic) bond motifs is 1. The summed E-state index contributed by atoms with van der Waals surface area (Å²) in [5.41, 5.74) is 7.98. The van der Waals surface area contributed by atoms with E-state index in [0.717, 1.165) is 10.8 Å². The molecule has 4 rings (SSSR count). The smallest absolute Gasteiger partial charge is 0.412 e. The van der Waals surface area contributed by atoms with Gasteiger partial charge in [-0.15, -0.1) is 0 Å². The molecular formula is C30H29N3O5. The van der Waals surface area contributed by atoms with Gasteiger partial charge in [-0.1, -0.05) is 67.6 Å². The van der Waals surface area contributed by atoms with Crippen LogP contribution in [0.15, 0.2) is 97.1 Å². The van der Waals surface area contributed by atoms with E-state index in [1.807, 2.05) is 36.4 Å². The predicted molar refractivity (Wildman–Crippen MR) is 149 cm³/mol. The Balaban J connectivity index is 1.55. The van der Waals surface area contributed by atoms with Gasteiger partial charge in [0.15, 0.2) is 11.5 Å². The minimum atomic E-state index is -0.826. The van der Waals surface area contributed by atoms with Gasteiger partial charge >= 0.3 is 6.09 Å². The molecule has 8 heteroatoms. The fraction of sp³-hybridized carbons (Fsp3) is 0.133. The first kappa shape index (κ1) is 26.1. The Morgan fingerprint density at radius 3 is 2.39 bits per heavy atom. The van der Waals surface area contributed by atoms with Crippen LogP contribution in [0.5, 0.6) is 11.5 Å². The molecule has 0 saturated heterocycles. The SMILES string of the molecule is COc1ccc([C@H](OC(=O)Nc2cccc3ccccc23)[C@@H](C)/C=C/C(=O)Nc2ccccc2N)cc1O. The van der Waals surface area contributed by atoms with Gasteiger partial charge in [-0.05, 0) is 47.4 Å². The number of anilines is 3. The number of amides is 2. The molecule has 38 heavy (non-hydrogen) atoms. The molecule has 0 aromatic heterocycles. The summed E-state index contributed by atoms with van der Waals surface area (Å²) < 4.78 is 11.0. The van der Waals surface area contributed by atoms with Crippen LogP contribution in [-0.2, 0) is 9.53 Å². The lowest BCUT2D eigenvalue weighted by atomic mass is 9.96. The third-order valence-electron chi connectivity index (χ3n) is 6.04. The lowest BCUT2D eigenvalue weighted by Gasteiger charge is -2.23. The van der Waals surface area contributed by atoms with Gasteiger partial charge in [0.2, 0.25) is 5.91 Å². The number of carbonyl (C=O) groups excluding carboxylic acids is 2. The normalized spacial score (nSPS) is 12.6. The molecule has 0 unspecified atom stereocenters. The molecule has 0 radical (unpaired) electrons. The van der Waals surface area contributed by atoms with Crippen LogP contribution in [-0.4, -0.2) is 24.2 Å². The highest BCUT2D eigenvalue weighted by atomic mass is 16.6. The largest absolute Gasteiger partial charge is 0.504 e. The van der Waals surface area contributed by atoms with Gasteiger partial charge in [-0.25, -0.2) is 4.79 Å². The maximum Gasteiger partial charge on any atom is 0.412 e. The quantitative estimate of drug-likeness (QED) is 0.164. The molecule has 0 heterocycles. The number of benzene rings is 4. The van der Waals surface area contributed by atoms with Gasteiger partial charge in [0.05, 0.1) is 24.2 Å². The Labute approximate surface area is 220 Å². The third-order valence-corrected chi connectivity index (χ3v) is 6.04. The predicted octanol–water partition coefficient (Wildman–Crippen LogP) is 6.26. The van der Waals surface area contributed by atoms with Crippen molar-refractivity contribution in [3.8, 4) is 11.5 Å². The molecule has 194 valence electrons. The second-order valence-electron chi connectivity index (χ2n) is 8.70. The van der Waals surface area contributed by atoms with Crippen molar-refractivity contribution in [3.63, 3.8) is 0 Å². The average Bonchev–Trinajstić information content (AvgIpc) is 2.92. The summed E-state index contributed by atoms with van der Waals surface area (Å²) in [6.45, 7) is 1.80. The number of hydrogen-bond acceptors (Lipinski definition) is 6. The van der Waals surface area contributed by atoms with E-state index >= 15 is 0 Å². The van der Waals surface area contributed by atoms with Crippen LogP contribution in [0.4, 0.5) is 21.9 Å². The molecule has 0 fully saturated rings. The lowest BCUT2D eigenvalue weighted by Crippen LogP contribution is -2.21. The molecule has 0 bridgehead atoms. The van der Waals surface area contributed by atoms with Crippen molar-refractivity contribution >= 4 is 39.8 Å². The number of nitrogens with one attached hydrogen (secondary N) is 2. The molecule has 0 aliphatic carbocycles. The first-order valence-electron chi connectivity index (χ1n) is 12.0. The molecule has 0 aliphatic rings. The highest BCUT2D eigenvalue weighted by Crippen LogP contribution is 2.34. The number of carbonyl (C=O) groups is 2. The van der Waals surface area contributed by atoms with Crippen LogP contribution >= 0.6 is 0 Å². The van der Waals surface area contributed by atoms with Crippen LogP contribution in [0.2, 0.25) is 0 Å². The summed E-state index contributed by atoms with van der Waals surface area (Å²) in [6, 6.07) is 25.0. The van der Waals surface area contributed by atoms with Crippen molar-refractivity contribution in [3.05, 3.63) is 103 Å². The van der Waals surface area contributed by atoms with Crippen LogP contribution < -0.4 is 21.1 Å². The number of hydrogen-bond donors (Lipinski definition) is 4. The van der Waals surface area contributed by atoms with Gasteiger partial charge in [0, 0.05) is 11.3 Å². The Morgan fingerprint density at radius 2 is 1.63 bits per heavy atom. The van der Waals surface area contributed by atoms with E-state index in [-0.39, 0.29) is 17.4 Å². The molecule has 4 aromatic rings. The first-order chi connectivity index (χ1) is 18.4. The fourth-order valence-corrected chi connectivity index (χ4v) is 4.08. The van der Waals surface area contributed by atoms with E-state index in [0.29, 0.717) is 22.6 Å². The van der Waals surface area contributed by atoms with Crippen LogP contribution in [0.3, 0.4) is 0 Å². The second-order valence-corrected chi connectivity index (χ2v) is 8.70. The zero-order valence-corrected chi connectivity index (χ0v) is 21.0. The van der Waals surface area contributed by atoms with Crippen molar-refractivity contribution in [2.45, 2.75) is 13.0 Å². The number of aromatic hydroxyl groups is 1. The Morgan fingerprint density at radius 1 is 0.921 bits per heavy atom. The van der Waals surface area contributed by atoms with Gasteiger partial charge in [0.25, 0.3) is 0 Å². The fourth-order valence-electron chi connectivity index (χ4n) is 4.08. The number of nitrogens with two attached hydrogens (primary N) is 1. The van der Waals surface area contributed by atoms with E-state index in [4.69, 9.17) is 15.2 Å². The summed E-state index contributed by atoms with van der Waals surface area (Å²) in [6.07, 6.45) is 1.49. The topological polar surface area (TPSA) is 123 Å². The molecule has 0 saturated carbocycles. The average molecular weight is 512 g/mol. The van der Waals surface area contributed by atoms with Crippen molar-refractivity contribution in [2.24, 2.45) is 5.92 Å². The van der Waals surface area contributed by atoms with Gasteiger partial charge in [0.1, 0.15) is 6.10 Å². The number of phenolic OH excluding ortho intramolecular Hbond substituents is 1. The van der Waals surface area contributed by atoms with Crippen molar-refractivity contribution in [1.82, 2.24) is 0 Å². The number of para-hydroxylation sites is 2. The minimum Gasteiger partial charge on any atom is -0.504 e. The van der Waals surface area contributed by atoms with Crippen molar-refractivity contribution in [2.75, 3.05) is 23.5 Å². The van der Waals surface area contributed by atoms with Gasteiger partial charge in [-0.3, -0.25) is 10.1 Å². The summed E-state index contributed by atoms with van der Waals surface area (Å²) >= 11 is 0. The maximum atomic E-state index is 13.0. The first-order valence-corrected chi connectivity index (χ1v) is 12.0. The zero-order valence-electron chi connectivity index (χ0n) is 21.0. The molecule has 0 spiro atoms. The van der Waals surface area contributed by atoms with E-state index in [2.05, 4.69) is 10.6 Å². The van der Waals surface area contributed by atoms with E-state index in [1.54, 1.807) is 55.5 Å². The van der Waals surface area contributed by atoms with Crippen molar-refractivity contribution < 1.29 is 24.2 Å².